The van der Waals surface area contributed by atoms with Crippen molar-refractivity contribution in [2.45, 2.75) is 0 Å². The second-order valence-electron chi connectivity index (χ2n) is 0.408. The molecule has 5 heavy (non-hydrogen) atoms. The van der Waals surface area contributed by atoms with E-state index in [4.69, 9.17) is 0 Å². The maximum absolute atomic E-state index is 2.04. The molecule has 0 amide bonds. The van der Waals surface area contributed by atoms with Gasteiger partial charge in [0.1, 0.15) is 0 Å². The molecule has 0 rings (SSSR count). The molecule has 0 aromatic rings. The van der Waals surface area contributed by atoms with E-state index in [1.54, 1.807) is 11.8 Å². The van der Waals surface area contributed by atoms with Crippen molar-refractivity contribution < 1.29 is 17.4 Å². The average Bonchev–Trinajstić information content (AvgIpc) is 0.918. The SMILES string of the molecule is B.CSC.[Cr]. The van der Waals surface area contributed by atoms with Crippen molar-refractivity contribution in [3.05, 3.63) is 0 Å². The molecule has 0 saturated heterocycles. The molecule has 3 heteroatoms. The fraction of sp³-hybridized carbons (Fsp3) is 1.00. The first kappa shape index (κ1) is 16.8. The molecule has 0 aliphatic carbocycles. The van der Waals surface area contributed by atoms with Crippen LogP contribution in [0, 0.1) is 0 Å². The van der Waals surface area contributed by atoms with E-state index in [9.17, 15) is 0 Å². The Kier molecular flexibility index (Phi) is 68.1. The molecule has 0 aliphatic heterocycles. The summed E-state index contributed by atoms with van der Waals surface area (Å²) in [6, 6.07) is 0. The smallest absolute Gasteiger partial charge is 0.0814 e. The third-order valence-corrected chi connectivity index (χ3v) is 0. The summed E-state index contributed by atoms with van der Waals surface area (Å²) in [5.74, 6) is 0. The molecule has 0 radical (unpaired) electrons. The van der Waals surface area contributed by atoms with Crippen LogP contribution in [-0.2, 0) is 17.4 Å². The zero-order valence-electron chi connectivity index (χ0n) is 2.82. The van der Waals surface area contributed by atoms with Crippen molar-refractivity contribution in [2.24, 2.45) is 0 Å². The molecule has 0 aromatic heterocycles. The minimum atomic E-state index is 0. The Labute approximate surface area is 50.4 Å². The minimum absolute atomic E-state index is 0. The van der Waals surface area contributed by atoms with Crippen LogP contribution in [0.1, 0.15) is 0 Å². The number of hydrogen-bond acceptors (Lipinski definition) is 1. The standard InChI is InChI=1S/C2H6S.BH3.Cr/c1-3-2;;/h1-2H3;1H3;. The molecular weight excluding hydrogens is 119 g/mol. The zero-order valence-corrected chi connectivity index (χ0v) is 4.91. The molecule has 0 aliphatic rings. The van der Waals surface area contributed by atoms with Gasteiger partial charge in [-0.3, -0.25) is 0 Å². The van der Waals surface area contributed by atoms with E-state index in [0.717, 1.165) is 0 Å². The molecule has 0 aromatic carbocycles. The molecular formula is C2H9BCrS. The van der Waals surface area contributed by atoms with E-state index in [1.165, 1.54) is 0 Å². The van der Waals surface area contributed by atoms with Crippen LogP contribution < -0.4 is 0 Å². The van der Waals surface area contributed by atoms with Gasteiger partial charge in [0.15, 0.2) is 0 Å². The van der Waals surface area contributed by atoms with Gasteiger partial charge >= 0.3 is 0 Å². The van der Waals surface area contributed by atoms with Crippen LogP contribution in [0.25, 0.3) is 0 Å². The zero-order chi connectivity index (χ0) is 2.71. The largest absolute Gasteiger partial charge is 0.169 e. The predicted molar refractivity (Wildman–Crippen MR) is 29.4 cm³/mol. The summed E-state index contributed by atoms with van der Waals surface area (Å²) in [4.78, 5) is 0. The second-order valence-corrected chi connectivity index (χ2v) is 1.22. The Bertz CT molecular complexity index is 9.61. The van der Waals surface area contributed by atoms with Gasteiger partial charge in [0, 0.05) is 17.4 Å². The van der Waals surface area contributed by atoms with Crippen molar-refractivity contribution >= 4 is 20.2 Å². The first-order valence-electron chi connectivity index (χ1n) is 0.816. The summed E-state index contributed by atoms with van der Waals surface area (Å²) in [7, 11) is 0. The van der Waals surface area contributed by atoms with E-state index in [1.807, 2.05) is 12.5 Å². The van der Waals surface area contributed by atoms with Crippen LogP contribution in [0.3, 0.4) is 0 Å². The monoisotopic (exact) mass is 128 g/mol. The second kappa shape index (κ2) is 20.3. The Morgan fingerprint density at radius 2 is 1.20 bits per heavy atom. The summed E-state index contributed by atoms with van der Waals surface area (Å²) < 4.78 is 0. The van der Waals surface area contributed by atoms with Crippen LogP contribution in [0.5, 0.6) is 0 Å². The molecule has 0 N–H and O–H groups in total. The summed E-state index contributed by atoms with van der Waals surface area (Å²) >= 11 is 1.75. The van der Waals surface area contributed by atoms with Crippen molar-refractivity contribution in [3.63, 3.8) is 0 Å². The molecule has 0 fully saturated rings. The molecule has 0 heterocycles. The third-order valence-electron chi connectivity index (χ3n) is 0. The minimum Gasteiger partial charge on any atom is -0.169 e. The Morgan fingerprint density at radius 3 is 1.20 bits per heavy atom. The van der Waals surface area contributed by atoms with Crippen LogP contribution in [0.4, 0.5) is 0 Å². The van der Waals surface area contributed by atoms with Gasteiger partial charge in [-0.15, -0.1) is 0 Å². The van der Waals surface area contributed by atoms with Gasteiger partial charge in [-0.25, -0.2) is 0 Å². The average molecular weight is 128 g/mol. The normalized spacial score (nSPS) is 3.60. The number of hydrogen-bond donors (Lipinski definition) is 0. The summed E-state index contributed by atoms with van der Waals surface area (Å²) in [6.45, 7) is 0. The maximum Gasteiger partial charge on any atom is 0.0814 e. The molecule has 0 atom stereocenters. The topological polar surface area (TPSA) is 0 Å². The summed E-state index contributed by atoms with van der Waals surface area (Å²) in [6.07, 6.45) is 4.08. The van der Waals surface area contributed by atoms with Gasteiger partial charge < -0.3 is 0 Å². The van der Waals surface area contributed by atoms with Crippen LogP contribution in [0.15, 0.2) is 0 Å². The molecule has 0 spiro atoms. The number of rotatable bonds is 0. The van der Waals surface area contributed by atoms with Gasteiger partial charge in [0.2, 0.25) is 0 Å². The molecule has 0 saturated carbocycles. The van der Waals surface area contributed by atoms with E-state index >= 15 is 0 Å². The molecule has 0 nitrogen and oxygen atoms in total. The predicted octanol–water partition coefficient (Wildman–Crippen LogP) is -0.207. The van der Waals surface area contributed by atoms with E-state index in [2.05, 4.69) is 0 Å². The van der Waals surface area contributed by atoms with Crippen LogP contribution in [0.2, 0.25) is 0 Å². The first-order valence-corrected chi connectivity index (χ1v) is 2.45. The van der Waals surface area contributed by atoms with Gasteiger partial charge in [-0.05, 0) is 12.5 Å². The fourth-order valence-corrected chi connectivity index (χ4v) is 0. The van der Waals surface area contributed by atoms with Crippen molar-refractivity contribution in [3.8, 4) is 0 Å². The first-order chi connectivity index (χ1) is 1.41. The van der Waals surface area contributed by atoms with E-state index in [-0.39, 0.29) is 25.8 Å². The van der Waals surface area contributed by atoms with Gasteiger partial charge in [0.25, 0.3) is 0 Å². The van der Waals surface area contributed by atoms with Crippen molar-refractivity contribution in [1.29, 1.82) is 0 Å². The third kappa shape index (κ3) is 47.9. The van der Waals surface area contributed by atoms with Crippen LogP contribution in [-0.4, -0.2) is 20.9 Å². The van der Waals surface area contributed by atoms with E-state index < -0.39 is 0 Å². The van der Waals surface area contributed by atoms with Crippen LogP contribution >= 0.6 is 11.8 Å². The Hall–Kier alpha value is 0.947. The quantitative estimate of drug-likeness (QED) is 0.407. The number of thioether (sulfide) groups is 1. The summed E-state index contributed by atoms with van der Waals surface area (Å²) in [5.41, 5.74) is 0. The van der Waals surface area contributed by atoms with Crippen molar-refractivity contribution in [1.82, 2.24) is 0 Å². The molecule has 32 valence electrons. The molecule has 0 bridgehead atoms. The summed E-state index contributed by atoms with van der Waals surface area (Å²) in [5, 5.41) is 0. The molecule has 0 unspecified atom stereocenters. The van der Waals surface area contributed by atoms with Crippen molar-refractivity contribution in [2.75, 3.05) is 12.5 Å². The van der Waals surface area contributed by atoms with Gasteiger partial charge in [-0.1, -0.05) is 0 Å². The Morgan fingerprint density at radius 1 is 1.20 bits per heavy atom. The van der Waals surface area contributed by atoms with E-state index in [0.29, 0.717) is 0 Å². The Balaban J connectivity index is -0.0000000200. The van der Waals surface area contributed by atoms with Gasteiger partial charge in [-0.2, -0.15) is 11.8 Å². The van der Waals surface area contributed by atoms with Gasteiger partial charge in [0.05, 0.1) is 8.41 Å². The fourth-order valence-electron chi connectivity index (χ4n) is 0. The maximum atomic E-state index is 2.04.